The minimum absolute atomic E-state index is 0.880. The fourth-order valence-electron chi connectivity index (χ4n) is 4.01. The molecule has 0 spiro atoms. The van der Waals surface area contributed by atoms with Gasteiger partial charge in [0.25, 0.3) is 0 Å². The van der Waals surface area contributed by atoms with E-state index in [1.807, 2.05) is 23.5 Å². The molecular weight excluding hydrogens is 344 g/mol. The van der Waals surface area contributed by atoms with E-state index in [9.17, 15) is 0 Å². The van der Waals surface area contributed by atoms with Gasteiger partial charge in [0, 0.05) is 9.81 Å². The molecule has 0 nitrogen and oxygen atoms in total. The SMILES string of the molecule is C1=CSC(=C2SC(C3CCCCC3)=C(C3CCCCC3)S2)S1. The summed E-state index contributed by atoms with van der Waals surface area (Å²) in [6, 6.07) is 0. The van der Waals surface area contributed by atoms with Crippen LogP contribution in [0.25, 0.3) is 0 Å². The van der Waals surface area contributed by atoms with Gasteiger partial charge in [-0.05, 0) is 48.3 Å². The van der Waals surface area contributed by atoms with Gasteiger partial charge in [-0.2, -0.15) is 0 Å². The normalized spacial score (nSPS) is 28.2. The highest BCUT2D eigenvalue weighted by Gasteiger charge is 2.34. The van der Waals surface area contributed by atoms with Crippen LogP contribution in [0.4, 0.5) is 0 Å². The summed E-state index contributed by atoms with van der Waals surface area (Å²) in [5.41, 5.74) is 0. The average Bonchev–Trinajstić information content (AvgIpc) is 3.26. The van der Waals surface area contributed by atoms with Gasteiger partial charge in [-0.25, -0.2) is 0 Å². The fourth-order valence-corrected chi connectivity index (χ4v) is 9.38. The lowest BCUT2D eigenvalue weighted by atomic mass is 9.84. The molecule has 120 valence electrons. The van der Waals surface area contributed by atoms with E-state index in [1.54, 1.807) is 14.0 Å². The molecule has 0 saturated heterocycles. The van der Waals surface area contributed by atoms with E-state index >= 15 is 0 Å². The van der Waals surface area contributed by atoms with Crippen molar-refractivity contribution in [2.75, 3.05) is 0 Å². The number of hydrogen-bond donors (Lipinski definition) is 0. The van der Waals surface area contributed by atoms with Crippen LogP contribution in [0.5, 0.6) is 0 Å². The molecule has 0 bridgehead atoms. The molecule has 4 rings (SSSR count). The molecule has 4 aliphatic rings. The average molecular weight is 369 g/mol. The molecule has 0 atom stereocenters. The highest BCUT2D eigenvalue weighted by Crippen LogP contribution is 2.61. The molecule has 2 aliphatic carbocycles. The summed E-state index contributed by atoms with van der Waals surface area (Å²) in [7, 11) is 0. The Balaban J connectivity index is 1.59. The van der Waals surface area contributed by atoms with E-state index in [4.69, 9.17) is 0 Å². The van der Waals surface area contributed by atoms with Crippen LogP contribution in [0.15, 0.2) is 29.1 Å². The van der Waals surface area contributed by atoms with Gasteiger partial charge in [-0.15, -0.1) is 0 Å². The molecule has 0 radical (unpaired) electrons. The van der Waals surface area contributed by atoms with Crippen molar-refractivity contribution < 1.29 is 0 Å². The Morgan fingerprint density at radius 2 is 1.05 bits per heavy atom. The van der Waals surface area contributed by atoms with Gasteiger partial charge in [0.05, 0.1) is 8.47 Å². The summed E-state index contributed by atoms with van der Waals surface area (Å²) >= 11 is 8.17. The first-order valence-corrected chi connectivity index (χ1v) is 12.1. The molecule has 2 fully saturated rings. The number of thioether (sulfide) groups is 4. The Labute approximate surface area is 151 Å². The summed E-state index contributed by atoms with van der Waals surface area (Å²) < 4.78 is 3.13. The van der Waals surface area contributed by atoms with E-state index in [0.717, 1.165) is 11.8 Å². The summed E-state index contributed by atoms with van der Waals surface area (Å²) in [6.45, 7) is 0. The first-order chi connectivity index (χ1) is 10.9. The molecular formula is C18H24S4. The monoisotopic (exact) mass is 368 g/mol. The van der Waals surface area contributed by atoms with E-state index in [-0.39, 0.29) is 0 Å². The zero-order chi connectivity index (χ0) is 14.8. The van der Waals surface area contributed by atoms with Crippen molar-refractivity contribution in [2.24, 2.45) is 11.8 Å². The van der Waals surface area contributed by atoms with Gasteiger partial charge < -0.3 is 0 Å². The summed E-state index contributed by atoms with van der Waals surface area (Å²) in [5.74, 6) is 1.76. The van der Waals surface area contributed by atoms with Gasteiger partial charge in [0.1, 0.15) is 0 Å². The maximum absolute atomic E-state index is 2.24. The van der Waals surface area contributed by atoms with E-state index < -0.39 is 0 Å². The van der Waals surface area contributed by atoms with Crippen LogP contribution in [0, 0.1) is 11.8 Å². The van der Waals surface area contributed by atoms with Crippen molar-refractivity contribution in [3.63, 3.8) is 0 Å². The van der Waals surface area contributed by atoms with Gasteiger partial charge in [0.2, 0.25) is 0 Å². The van der Waals surface area contributed by atoms with Crippen LogP contribution >= 0.6 is 47.0 Å². The first kappa shape index (κ1) is 16.1. The van der Waals surface area contributed by atoms with Crippen molar-refractivity contribution in [2.45, 2.75) is 64.2 Å². The molecule has 0 aromatic heterocycles. The second-order valence-corrected chi connectivity index (χ2v) is 11.1. The predicted octanol–water partition coefficient (Wildman–Crippen LogP) is 7.92. The predicted molar refractivity (Wildman–Crippen MR) is 107 cm³/mol. The summed E-state index contributed by atoms with van der Waals surface area (Å²) in [6.07, 6.45) is 14.5. The number of rotatable bonds is 2. The fraction of sp³-hybridized carbons (Fsp3) is 0.667. The zero-order valence-corrected chi connectivity index (χ0v) is 16.3. The molecule has 2 aliphatic heterocycles. The third kappa shape index (κ3) is 3.50. The summed E-state index contributed by atoms with van der Waals surface area (Å²) in [5, 5.41) is 4.49. The lowest BCUT2D eigenvalue weighted by Crippen LogP contribution is -2.12. The smallest absolute Gasteiger partial charge is 0.0700 e. The van der Waals surface area contributed by atoms with Crippen LogP contribution in [0.2, 0.25) is 0 Å². The minimum atomic E-state index is 0.880. The molecule has 0 amide bonds. The van der Waals surface area contributed by atoms with Crippen LogP contribution in [0.3, 0.4) is 0 Å². The second-order valence-electron chi connectivity index (χ2n) is 6.69. The second kappa shape index (κ2) is 7.67. The number of allylic oxidation sites excluding steroid dienone is 2. The zero-order valence-electron chi connectivity index (χ0n) is 13.0. The highest BCUT2D eigenvalue weighted by atomic mass is 32.2. The van der Waals surface area contributed by atoms with E-state index in [0.29, 0.717) is 0 Å². The van der Waals surface area contributed by atoms with Crippen molar-refractivity contribution in [1.29, 1.82) is 0 Å². The lowest BCUT2D eigenvalue weighted by Gasteiger charge is -2.27. The van der Waals surface area contributed by atoms with E-state index in [1.165, 1.54) is 68.4 Å². The van der Waals surface area contributed by atoms with Crippen LogP contribution in [-0.2, 0) is 0 Å². The summed E-state index contributed by atoms with van der Waals surface area (Å²) in [4.78, 5) is 3.60. The Morgan fingerprint density at radius 1 is 0.591 bits per heavy atom. The van der Waals surface area contributed by atoms with Crippen molar-refractivity contribution in [3.8, 4) is 0 Å². The third-order valence-electron chi connectivity index (χ3n) is 5.17. The van der Waals surface area contributed by atoms with Gasteiger partial charge in [0.15, 0.2) is 0 Å². The van der Waals surface area contributed by atoms with Crippen molar-refractivity contribution >= 4 is 47.0 Å². The van der Waals surface area contributed by atoms with Crippen molar-refractivity contribution in [1.82, 2.24) is 0 Å². The molecule has 22 heavy (non-hydrogen) atoms. The quantitative estimate of drug-likeness (QED) is 0.485. The molecule has 2 heterocycles. The van der Waals surface area contributed by atoms with E-state index in [2.05, 4.69) is 34.3 Å². The van der Waals surface area contributed by atoms with Crippen molar-refractivity contribution in [3.05, 3.63) is 29.1 Å². The Morgan fingerprint density at radius 3 is 1.50 bits per heavy atom. The topological polar surface area (TPSA) is 0 Å². The lowest BCUT2D eigenvalue weighted by molar-refractivity contribution is 0.394. The maximum atomic E-state index is 2.24. The van der Waals surface area contributed by atoms with Gasteiger partial charge >= 0.3 is 0 Å². The highest BCUT2D eigenvalue weighted by molar-refractivity contribution is 8.33. The molecule has 0 unspecified atom stereocenters. The molecule has 0 aromatic carbocycles. The van der Waals surface area contributed by atoms with Crippen LogP contribution in [0.1, 0.15) is 64.2 Å². The first-order valence-electron chi connectivity index (χ1n) is 8.74. The molecule has 0 N–H and O–H groups in total. The minimum Gasteiger partial charge on any atom is -0.0884 e. The largest absolute Gasteiger partial charge is 0.0884 e. The Bertz CT molecular complexity index is 463. The standard InChI is InChI=1S/C18H24S4/c1-3-7-13(8-4-1)15-16(14-9-5-2-6-10-14)22-18(21-15)17-19-11-12-20-17/h11-14H,1-10H2. The van der Waals surface area contributed by atoms with Gasteiger partial charge in [-0.1, -0.05) is 85.6 Å². The van der Waals surface area contributed by atoms with Crippen LogP contribution in [-0.4, -0.2) is 0 Å². The third-order valence-corrected chi connectivity index (χ3v) is 10.8. The van der Waals surface area contributed by atoms with Crippen LogP contribution < -0.4 is 0 Å². The Hall–Kier alpha value is 0.620. The molecule has 2 saturated carbocycles. The number of hydrogen-bond acceptors (Lipinski definition) is 4. The van der Waals surface area contributed by atoms with Gasteiger partial charge in [-0.3, -0.25) is 0 Å². The molecule has 0 aromatic rings. The Kier molecular flexibility index (Phi) is 5.62. The maximum Gasteiger partial charge on any atom is 0.0700 e. The molecule has 4 heteroatoms.